The highest BCUT2D eigenvalue weighted by Gasteiger charge is 2.21. The van der Waals surface area contributed by atoms with E-state index in [0.29, 0.717) is 12.8 Å². The molecule has 1 atom stereocenters. The van der Waals surface area contributed by atoms with E-state index in [1.807, 2.05) is 6.92 Å². The van der Waals surface area contributed by atoms with Gasteiger partial charge >= 0.3 is 5.97 Å². The number of carboxylic acid groups (broad SMARTS) is 1. The minimum atomic E-state index is -1.08. The Kier molecular flexibility index (Phi) is 4.83. The number of aliphatic carboxylic acids is 1. The molecular weight excluding hydrogens is 237 g/mol. The SMILES string of the molecule is CCCC(NC(=O)c1cccc(F)c1C)C(=O)O. The lowest BCUT2D eigenvalue weighted by Gasteiger charge is -2.14. The fraction of sp³-hybridized carbons (Fsp3) is 0.385. The first-order chi connectivity index (χ1) is 8.47. The van der Waals surface area contributed by atoms with Crippen LogP contribution in [0.1, 0.15) is 35.7 Å². The molecule has 0 fully saturated rings. The summed E-state index contributed by atoms with van der Waals surface area (Å²) in [6, 6.07) is 3.21. The van der Waals surface area contributed by atoms with Gasteiger partial charge in [-0.05, 0) is 31.0 Å². The second-order valence-corrected chi connectivity index (χ2v) is 4.07. The van der Waals surface area contributed by atoms with Crippen molar-refractivity contribution in [2.24, 2.45) is 0 Å². The molecule has 0 saturated heterocycles. The Morgan fingerprint density at radius 3 is 2.67 bits per heavy atom. The van der Waals surface area contributed by atoms with E-state index < -0.39 is 23.7 Å². The highest BCUT2D eigenvalue weighted by molar-refractivity contribution is 5.97. The lowest BCUT2D eigenvalue weighted by molar-refractivity contribution is -0.139. The molecule has 1 aromatic rings. The van der Waals surface area contributed by atoms with Gasteiger partial charge in [0.05, 0.1) is 0 Å². The third-order valence-corrected chi connectivity index (χ3v) is 2.69. The summed E-state index contributed by atoms with van der Waals surface area (Å²) in [6.07, 6.45) is 0.981. The van der Waals surface area contributed by atoms with Gasteiger partial charge in [-0.3, -0.25) is 4.79 Å². The van der Waals surface area contributed by atoms with Crippen LogP contribution in [0.15, 0.2) is 18.2 Å². The van der Waals surface area contributed by atoms with Crippen molar-refractivity contribution < 1.29 is 19.1 Å². The molecule has 4 nitrogen and oxygen atoms in total. The Balaban J connectivity index is 2.87. The predicted octanol–water partition coefficient (Wildman–Crippen LogP) is 2.12. The summed E-state index contributed by atoms with van der Waals surface area (Å²) in [5.41, 5.74) is 0.382. The van der Waals surface area contributed by atoms with Crippen molar-refractivity contribution in [3.63, 3.8) is 0 Å². The zero-order chi connectivity index (χ0) is 13.7. The maximum Gasteiger partial charge on any atom is 0.326 e. The van der Waals surface area contributed by atoms with Crippen molar-refractivity contribution in [3.05, 3.63) is 35.1 Å². The molecule has 1 unspecified atom stereocenters. The molecule has 0 saturated carbocycles. The maximum atomic E-state index is 13.3. The van der Waals surface area contributed by atoms with Gasteiger partial charge in [-0.15, -0.1) is 0 Å². The third-order valence-electron chi connectivity index (χ3n) is 2.69. The molecule has 0 aliphatic heterocycles. The van der Waals surface area contributed by atoms with E-state index in [9.17, 15) is 14.0 Å². The number of rotatable bonds is 5. The Morgan fingerprint density at radius 1 is 1.44 bits per heavy atom. The van der Waals surface area contributed by atoms with Gasteiger partial charge in [-0.2, -0.15) is 0 Å². The minimum Gasteiger partial charge on any atom is -0.480 e. The van der Waals surface area contributed by atoms with Crippen LogP contribution < -0.4 is 5.32 Å². The molecule has 0 aliphatic carbocycles. The first kappa shape index (κ1) is 14.2. The number of carbonyl (C=O) groups excluding carboxylic acids is 1. The molecule has 0 aliphatic rings. The van der Waals surface area contributed by atoms with Crippen LogP contribution in [0.5, 0.6) is 0 Å². The van der Waals surface area contributed by atoms with Gasteiger partial charge < -0.3 is 10.4 Å². The van der Waals surface area contributed by atoms with Gasteiger partial charge in [-0.1, -0.05) is 19.4 Å². The van der Waals surface area contributed by atoms with Crippen LogP contribution >= 0.6 is 0 Å². The molecule has 18 heavy (non-hydrogen) atoms. The van der Waals surface area contributed by atoms with Gasteiger partial charge in [0.25, 0.3) is 5.91 Å². The molecule has 0 bridgehead atoms. The summed E-state index contributed by atoms with van der Waals surface area (Å²) in [5.74, 6) is -2.13. The van der Waals surface area contributed by atoms with Gasteiger partial charge in [0.1, 0.15) is 11.9 Å². The largest absolute Gasteiger partial charge is 0.480 e. The lowest BCUT2D eigenvalue weighted by Crippen LogP contribution is -2.40. The van der Waals surface area contributed by atoms with Crippen LogP contribution in [0.25, 0.3) is 0 Å². The summed E-state index contributed by atoms with van der Waals surface area (Å²) < 4.78 is 13.3. The van der Waals surface area contributed by atoms with Crippen LogP contribution in [-0.4, -0.2) is 23.0 Å². The molecule has 1 rings (SSSR count). The van der Waals surface area contributed by atoms with Crippen LogP contribution in [0, 0.1) is 12.7 Å². The Bertz CT molecular complexity index is 460. The van der Waals surface area contributed by atoms with Crippen LogP contribution in [-0.2, 0) is 4.79 Å². The summed E-state index contributed by atoms with van der Waals surface area (Å²) >= 11 is 0. The number of halogens is 1. The first-order valence-electron chi connectivity index (χ1n) is 5.76. The van der Waals surface area contributed by atoms with E-state index >= 15 is 0 Å². The Hall–Kier alpha value is -1.91. The van der Waals surface area contributed by atoms with Gasteiger partial charge in [0.2, 0.25) is 0 Å². The van der Waals surface area contributed by atoms with E-state index in [4.69, 9.17) is 5.11 Å². The normalized spacial score (nSPS) is 11.9. The zero-order valence-electron chi connectivity index (χ0n) is 10.4. The van der Waals surface area contributed by atoms with Crippen molar-refractivity contribution in [2.45, 2.75) is 32.7 Å². The number of hydrogen-bond donors (Lipinski definition) is 2. The zero-order valence-corrected chi connectivity index (χ0v) is 10.4. The van der Waals surface area contributed by atoms with E-state index in [-0.39, 0.29) is 11.1 Å². The predicted molar refractivity (Wildman–Crippen MR) is 64.9 cm³/mol. The summed E-state index contributed by atoms with van der Waals surface area (Å²) in [7, 11) is 0. The van der Waals surface area contributed by atoms with Crippen LogP contribution in [0.2, 0.25) is 0 Å². The van der Waals surface area contributed by atoms with Crippen molar-refractivity contribution in [1.29, 1.82) is 0 Å². The molecular formula is C13H16FNO3. The van der Waals surface area contributed by atoms with E-state index in [0.717, 1.165) is 0 Å². The maximum absolute atomic E-state index is 13.3. The number of nitrogens with one attached hydrogen (secondary N) is 1. The smallest absolute Gasteiger partial charge is 0.326 e. The molecule has 0 heterocycles. The number of hydrogen-bond acceptors (Lipinski definition) is 2. The average molecular weight is 253 g/mol. The topological polar surface area (TPSA) is 66.4 Å². The molecule has 1 amide bonds. The lowest BCUT2D eigenvalue weighted by atomic mass is 10.1. The average Bonchev–Trinajstić information content (AvgIpc) is 2.31. The van der Waals surface area contributed by atoms with E-state index in [1.165, 1.54) is 25.1 Å². The van der Waals surface area contributed by atoms with Gasteiger partial charge in [-0.25, -0.2) is 9.18 Å². The van der Waals surface area contributed by atoms with Gasteiger partial charge in [0.15, 0.2) is 0 Å². The van der Waals surface area contributed by atoms with Crippen LogP contribution in [0.3, 0.4) is 0 Å². The van der Waals surface area contributed by atoms with Gasteiger partial charge in [0, 0.05) is 5.56 Å². The monoisotopic (exact) mass is 253 g/mol. The van der Waals surface area contributed by atoms with E-state index in [2.05, 4.69) is 5.32 Å². The van der Waals surface area contributed by atoms with Crippen molar-refractivity contribution >= 4 is 11.9 Å². The third kappa shape index (κ3) is 3.29. The number of benzene rings is 1. The fourth-order valence-corrected chi connectivity index (χ4v) is 1.64. The number of carboxylic acids is 1. The first-order valence-corrected chi connectivity index (χ1v) is 5.76. The van der Waals surface area contributed by atoms with Crippen molar-refractivity contribution in [1.82, 2.24) is 5.32 Å². The van der Waals surface area contributed by atoms with Crippen molar-refractivity contribution in [2.75, 3.05) is 0 Å². The molecule has 2 N–H and O–H groups in total. The summed E-state index contributed by atoms with van der Waals surface area (Å²) in [6.45, 7) is 3.31. The van der Waals surface area contributed by atoms with Crippen LogP contribution in [0.4, 0.5) is 4.39 Å². The molecule has 0 radical (unpaired) electrons. The molecule has 5 heteroatoms. The second kappa shape index (κ2) is 6.14. The summed E-state index contributed by atoms with van der Waals surface area (Å²) in [4.78, 5) is 22.8. The standard InChI is InChI=1S/C13H16FNO3/c1-3-5-11(13(17)18)15-12(16)9-6-4-7-10(14)8(9)2/h4,6-7,11H,3,5H2,1-2H3,(H,15,16)(H,17,18). The van der Waals surface area contributed by atoms with Crippen molar-refractivity contribution in [3.8, 4) is 0 Å². The van der Waals surface area contributed by atoms with E-state index in [1.54, 1.807) is 0 Å². The minimum absolute atomic E-state index is 0.164. The Morgan fingerprint density at radius 2 is 2.11 bits per heavy atom. The molecule has 98 valence electrons. The fourth-order valence-electron chi connectivity index (χ4n) is 1.64. The highest BCUT2D eigenvalue weighted by Crippen LogP contribution is 2.12. The summed E-state index contributed by atoms with van der Waals surface area (Å²) in [5, 5.41) is 11.3. The second-order valence-electron chi connectivity index (χ2n) is 4.07. The number of amides is 1. The quantitative estimate of drug-likeness (QED) is 0.844. The molecule has 1 aromatic carbocycles. The Labute approximate surface area is 105 Å². The molecule has 0 spiro atoms. The number of carbonyl (C=O) groups is 2. The highest BCUT2D eigenvalue weighted by atomic mass is 19.1. The molecule has 0 aromatic heterocycles.